The minimum absolute atomic E-state index is 0.101. The number of nitrogens with one attached hydrogen (secondary N) is 1. The highest BCUT2D eigenvalue weighted by atomic mass is 35.5. The molecule has 0 heterocycles. The fourth-order valence-corrected chi connectivity index (χ4v) is 1.67. The molecule has 1 aromatic carbocycles. The summed E-state index contributed by atoms with van der Waals surface area (Å²) in [5, 5.41) is 3.36. The van der Waals surface area contributed by atoms with Crippen molar-refractivity contribution >= 4 is 11.6 Å². The molecule has 16 heavy (non-hydrogen) atoms. The van der Waals surface area contributed by atoms with Crippen LogP contribution in [0.1, 0.15) is 24.9 Å². The monoisotopic (exact) mass is 251 g/mol. The Labute approximate surface area is 97.6 Å². The molecule has 1 aromatic rings. The molecule has 1 nitrogen and oxygen atoms in total. The Bertz CT molecular complexity index is 338. The van der Waals surface area contributed by atoms with Gasteiger partial charge in [0.15, 0.2) is 0 Å². The molecule has 0 aliphatic carbocycles. The standard InChI is InChI=1S/C11H13ClF3N/c1-8(16-7-6-11(13,14)15)9-4-2-3-5-10(9)12/h2-5,8,16H,6-7H2,1H3. The Hall–Kier alpha value is -0.740. The number of benzene rings is 1. The zero-order valence-electron chi connectivity index (χ0n) is 8.81. The van der Waals surface area contributed by atoms with E-state index < -0.39 is 12.6 Å². The molecule has 0 amide bonds. The molecule has 0 bridgehead atoms. The van der Waals surface area contributed by atoms with Gasteiger partial charge in [-0.2, -0.15) is 13.2 Å². The van der Waals surface area contributed by atoms with Crippen LogP contribution in [0.25, 0.3) is 0 Å². The molecule has 0 radical (unpaired) electrons. The Morgan fingerprint density at radius 3 is 2.50 bits per heavy atom. The Morgan fingerprint density at radius 2 is 1.94 bits per heavy atom. The van der Waals surface area contributed by atoms with Gasteiger partial charge in [-0.05, 0) is 18.6 Å². The molecule has 0 saturated carbocycles. The van der Waals surface area contributed by atoms with Crippen LogP contribution in [0.2, 0.25) is 5.02 Å². The van der Waals surface area contributed by atoms with E-state index in [2.05, 4.69) is 5.32 Å². The first-order chi connectivity index (χ1) is 7.40. The highest BCUT2D eigenvalue weighted by Gasteiger charge is 2.26. The SMILES string of the molecule is CC(NCCC(F)(F)F)c1ccccc1Cl. The average molecular weight is 252 g/mol. The van der Waals surface area contributed by atoms with Crippen LogP contribution in [-0.2, 0) is 0 Å². The van der Waals surface area contributed by atoms with Gasteiger partial charge in [-0.15, -0.1) is 0 Å². The molecular weight excluding hydrogens is 239 g/mol. The lowest BCUT2D eigenvalue weighted by atomic mass is 10.1. The molecule has 0 aliphatic heterocycles. The lowest BCUT2D eigenvalue weighted by Gasteiger charge is -2.16. The van der Waals surface area contributed by atoms with E-state index in [-0.39, 0.29) is 12.6 Å². The quantitative estimate of drug-likeness (QED) is 0.855. The van der Waals surface area contributed by atoms with Crippen LogP contribution in [0.5, 0.6) is 0 Å². The minimum Gasteiger partial charge on any atom is -0.310 e. The lowest BCUT2D eigenvalue weighted by Crippen LogP contribution is -2.24. The first-order valence-electron chi connectivity index (χ1n) is 4.95. The number of hydrogen-bond donors (Lipinski definition) is 1. The summed E-state index contributed by atoms with van der Waals surface area (Å²) in [5.74, 6) is 0. The summed E-state index contributed by atoms with van der Waals surface area (Å²) < 4.78 is 35.8. The van der Waals surface area contributed by atoms with Crippen LogP contribution in [0.15, 0.2) is 24.3 Å². The summed E-state index contributed by atoms with van der Waals surface area (Å²) >= 11 is 5.93. The van der Waals surface area contributed by atoms with E-state index in [1.54, 1.807) is 25.1 Å². The number of rotatable bonds is 4. The van der Waals surface area contributed by atoms with Crippen LogP contribution in [0.4, 0.5) is 13.2 Å². The predicted molar refractivity (Wildman–Crippen MR) is 58.5 cm³/mol. The van der Waals surface area contributed by atoms with E-state index in [9.17, 15) is 13.2 Å². The van der Waals surface area contributed by atoms with E-state index in [0.717, 1.165) is 5.56 Å². The van der Waals surface area contributed by atoms with Crippen molar-refractivity contribution in [3.8, 4) is 0 Å². The van der Waals surface area contributed by atoms with Gasteiger partial charge in [0.05, 0.1) is 6.42 Å². The van der Waals surface area contributed by atoms with E-state index in [1.165, 1.54) is 0 Å². The van der Waals surface area contributed by atoms with Gasteiger partial charge in [-0.25, -0.2) is 0 Å². The zero-order chi connectivity index (χ0) is 12.2. The van der Waals surface area contributed by atoms with Crippen molar-refractivity contribution in [3.05, 3.63) is 34.9 Å². The first kappa shape index (κ1) is 13.3. The predicted octanol–water partition coefficient (Wildman–Crippen LogP) is 3.94. The number of alkyl halides is 3. The topological polar surface area (TPSA) is 12.0 Å². The van der Waals surface area contributed by atoms with Crippen LogP contribution in [0, 0.1) is 0 Å². The van der Waals surface area contributed by atoms with E-state index in [1.807, 2.05) is 6.07 Å². The van der Waals surface area contributed by atoms with Crippen molar-refractivity contribution in [1.29, 1.82) is 0 Å². The highest BCUT2D eigenvalue weighted by Crippen LogP contribution is 2.23. The molecular formula is C11H13ClF3N. The summed E-state index contributed by atoms with van der Waals surface area (Å²) in [6, 6.07) is 6.93. The molecule has 0 aliphatic rings. The van der Waals surface area contributed by atoms with Gasteiger partial charge in [0.25, 0.3) is 0 Å². The lowest BCUT2D eigenvalue weighted by molar-refractivity contribution is -0.133. The maximum absolute atomic E-state index is 11.9. The molecule has 0 fully saturated rings. The van der Waals surface area contributed by atoms with Gasteiger partial charge in [-0.1, -0.05) is 29.8 Å². The van der Waals surface area contributed by atoms with Gasteiger partial charge in [0.1, 0.15) is 0 Å². The highest BCUT2D eigenvalue weighted by molar-refractivity contribution is 6.31. The van der Waals surface area contributed by atoms with Gasteiger partial charge in [-0.3, -0.25) is 0 Å². The second-order valence-corrected chi connectivity index (χ2v) is 3.97. The summed E-state index contributed by atoms with van der Waals surface area (Å²) in [6.07, 6.45) is -4.95. The Morgan fingerprint density at radius 1 is 1.31 bits per heavy atom. The summed E-state index contributed by atoms with van der Waals surface area (Å²) in [6.45, 7) is 1.69. The first-order valence-corrected chi connectivity index (χ1v) is 5.32. The fourth-order valence-electron chi connectivity index (χ4n) is 1.37. The van der Waals surface area contributed by atoms with Crippen molar-refractivity contribution in [2.75, 3.05) is 6.54 Å². The average Bonchev–Trinajstić information content (AvgIpc) is 2.16. The summed E-state index contributed by atoms with van der Waals surface area (Å²) in [5.41, 5.74) is 0.811. The smallest absolute Gasteiger partial charge is 0.310 e. The molecule has 1 N–H and O–H groups in total. The summed E-state index contributed by atoms with van der Waals surface area (Å²) in [4.78, 5) is 0. The van der Waals surface area contributed by atoms with Crippen molar-refractivity contribution in [1.82, 2.24) is 5.32 Å². The number of hydrogen-bond acceptors (Lipinski definition) is 1. The molecule has 1 unspecified atom stereocenters. The van der Waals surface area contributed by atoms with Gasteiger partial charge < -0.3 is 5.32 Å². The Kier molecular flexibility index (Phi) is 4.62. The van der Waals surface area contributed by atoms with Crippen LogP contribution in [0.3, 0.4) is 0 Å². The molecule has 90 valence electrons. The largest absolute Gasteiger partial charge is 0.390 e. The fraction of sp³-hybridized carbons (Fsp3) is 0.455. The molecule has 5 heteroatoms. The minimum atomic E-state index is -4.12. The van der Waals surface area contributed by atoms with Crippen LogP contribution < -0.4 is 5.32 Å². The van der Waals surface area contributed by atoms with E-state index in [4.69, 9.17) is 11.6 Å². The van der Waals surface area contributed by atoms with Gasteiger partial charge >= 0.3 is 6.18 Å². The van der Waals surface area contributed by atoms with Crippen LogP contribution >= 0.6 is 11.6 Å². The van der Waals surface area contributed by atoms with Gasteiger partial charge in [0, 0.05) is 17.6 Å². The Balaban J connectivity index is 2.47. The summed E-state index contributed by atoms with van der Waals surface area (Å²) in [7, 11) is 0. The van der Waals surface area contributed by atoms with Crippen molar-refractivity contribution in [3.63, 3.8) is 0 Å². The second-order valence-electron chi connectivity index (χ2n) is 3.56. The normalized spacial score (nSPS) is 13.8. The third kappa shape index (κ3) is 4.41. The van der Waals surface area contributed by atoms with Crippen LogP contribution in [-0.4, -0.2) is 12.7 Å². The third-order valence-corrected chi connectivity index (χ3v) is 2.57. The zero-order valence-corrected chi connectivity index (χ0v) is 9.57. The molecule has 0 spiro atoms. The van der Waals surface area contributed by atoms with E-state index in [0.29, 0.717) is 5.02 Å². The molecule has 0 aromatic heterocycles. The molecule has 1 atom stereocenters. The van der Waals surface area contributed by atoms with Crippen molar-refractivity contribution in [2.24, 2.45) is 0 Å². The molecule has 0 saturated heterocycles. The second kappa shape index (κ2) is 5.55. The van der Waals surface area contributed by atoms with Crippen molar-refractivity contribution < 1.29 is 13.2 Å². The number of halogens is 4. The molecule has 1 rings (SSSR count). The van der Waals surface area contributed by atoms with Gasteiger partial charge in [0.2, 0.25) is 0 Å². The van der Waals surface area contributed by atoms with E-state index >= 15 is 0 Å². The third-order valence-electron chi connectivity index (χ3n) is 2.23. The maximum Gasteiger partial charge on any atom is 0.390 e. The van der Waals surface area contributed by atoms with Crippen molar-refractivity contribution in [2.45, 2.75) is 25.6 Å². The maximum atomic E-state index is 11.9.